The van der Waals surface area contributed by atoms with Crippen molar-refractivity contribution in [2.75, 3.05) is 13.1 Å². The van der Waals surface area contributed by atoms with Gasteiger partial charge in [-0.05, 0) is 48.9 Å². The van der Waals surface area contributed by atoms with Gasteiger partial charge in [0.1, 0.15) is 11.0 Å². The second kappa shape index (κ2) is 5.91. The van der Waals surface area contributed by atoms with Crippen molar-refractivity contribution in [3.8, 4) is 0 Å². The first kappa shape index (κ1) is 15.5. The number of H-pyrrole nitrogens is 1. The third-order valence-electron chi connectivity index (χ3n) is 5.82. The number of fused-ring (bicyclic) bond motifs is 2. The molecule has 1 aliphatic carbocycles. The van der Waals surface area contributed by atoms with Crippen molar-refractivity contribution >= 4 is 16.9 Å². The maximum absolute atomic E-state index is 12.9. The summed E-state index contributed by atoms with van der Waals surface area (Å²) in [6.45, 7) is 1.42. The highest BCUT2D eigenvalue weighted by molar-refractivity contribution is 5.97. The summed E-state index contributed by atoms with van der Waals surface area (Å²) in [5.74, 6) is 0.762. The van der Waals surface area contributed by atoms with Crippen LogP contribution in [0.1, 0.15) is 29.2 Å². The highest BCUT2D eigenvalue weighted by Crippen LogP contribution is 2.41. The average molecular weight is 352 g/mol. The van der Waals surface area contributed by atoms with E-state index in [1.165, 1.54) is 0 Å². The van der Waals surface area contributed by atoms with E-state index in [9.17, 15) is 9.90 Å². The normalized spacial score (nSPS) is 28.4. The summed E-state index contributed by atoms with van der Waals surface area (Å²) in [5.41, 5.74) is 2.08. The van der Waals surface area contributed by atoms with E-state index in [-0.39, 0.29) is 11.9 Å². The largest absolute Gasteiger partial charge is 0.391 e. The lowest BCUT2D eigenvalue weighted by atomic mass is 9.77. The number of nitrogens with zero attached hydrogens (tertiary/aromatic N) is 5. The highest BCUT2D eigenvalue weighted by atomic mass is 16.3. The van der Waals surface area contributed by atoms with E-state index in [0.717, 1.165) is 18.5 Å². The number of likely N-dealkylation sites (tertiary alicyclic amines) is 1. The monoisotopic (exact) mass is 352 g/mol. The molecule has 1 saturated carbocycles. The molecule has 2 aromatic heterocycles. The Balaban J connectivity index is 1.34. The van der Waals surface area contributed by atoms with Crippen molar-refractivity contribution in [2.24, 2.45) is 11.8 Å². The number of hydrogen-bond donors (Lipinski definition) is 2. The molecule has 0 radical (unpaired) electrons. The SMILES string of the molecule is O=C(c1ccc2n[nH]nc2c1)N1C[C@H]2C[C@@H](n3cccn3)[C@H](O)C[C@H]2C1. The molecule has 8 nitrogen and oxygen atoms in total. The van der Waals surface area contributed by atoms with Gasteiger partial charge in [-0.25, -0.2) is 0 Å². The number of rotatable bonds is 2. The summed E-state index contributed by atoms with van der Waals surface area (Å²) in [6.07, 6.45) is 4.78. The molecular formula is C18H20N6O2. The molecule has 2 N–H and O–H groups in total. The lowest BCUT2D eigenvalue weighted by Gasteiger charge is -2.35. The maximum Gasteiger partial charge on any atom is 0.253 e. The second-order valence-corrected chi connectivity index (χ2v) is 7.35. The Kier molecular flexibility index (Phi) is 3.53. The topological polar surface area (TPSA) is 99.9 Å². The summed E-state index contributed by atoms with van der Waals surface area (Å²) in [6, 6.07) is 7.27. The number of aromatic amines is 1. The van der Waals surface area contributed by atoms with Crippen LogP contribution in [0, 0.1) is 11.8 Å². The predicted molar refractivity (Wildman–Crippen MR) is 93.3 cm³/mol. The van der Waals surface area contributed by atoms with Crippen molar-refractivity contribution in [3.05, 3.63) is 42.2 Å². The Bertz CT molecular complexity index is 936. The molecule has 1 amide bonds. The number of carbonyl (C=O) groups is 1. The van der Waals surface area contributed by atoms with Crippen LogP contribution in [0.15, 0.2) is 36.7 Å². The molecule has 8 heteroatoms. The van der Waals surface area contributed by atoms with E-state index in [2.05, 4.69) is 20.5 Å². The van der Waals surface area contributed by atoms with Crippen LogP contribution in [0.2, 0.25) is 0 Å². The van der Waals surface area contributed by atoms with Gasteiger partial charge in [-0.2, -0.15) is 20.5 Å². The minimum Gasteiger partial charge on any atom is -0.391 e. The standard InChI is InChI=1S/C18H20N6O2/c25-17-8-13-10-23(9-12(13)7-16(17)24-5-1-4-19-24)18(26)11-2-3-14-15(6-11)21-22-20-14/h1-6,12-13,16-17,25H,7-10H2,(H,20,21,22)/t12-,13+,16-,17-/m1/s1. The number of aliphatic hydroxyl groups excluding tert-OH is 1. The molecule has 134 valence electrons. The Morgan fingerprint density at radius 1 is 1.15 bits per heavy atom. The first-order chi connectivity index (χ1) is 12.7. The quantitative estimate of drug-likeness (QED) is 0.723. The molecule has 0 unspecified atom stereocenters. The molecule has 1 aliphatic heterocycles. The number of aromatic nitrogens is 5. The van der Waals surface area contributed by atoms with Crippen LogP contribution >= 0.6 is 0 Å². The molecule has 5 rings (SSSR count). The van der Waals surface area contributed by atoms with Gasteiger partial charge >= 0.3 is 0 Å². The minimum atomic E-state index is -0.419. The van der Waals surface area contributed by atoms with Gasteiger partial charge in [-0.1, -0.05) is 0 Å². The first-order valence-electron chi connectivity index (χ1n) is 8.96. The van der Waals surface area contributed by atoms with Crippen LogP contribution < -0.4 is 0 Å². The fourth-order valence-corrected chi connectivity index (χ4v) is 4.49. The summed E-state index contributed by atoms with van der Waals surface area (Å²) in [4.78, 5) is 14.8. The molecule has 4 atom stereocenters. The zero-order valence-corrected chi connectivity index (χ0v) is 14.2. The second-order valence-electron chi connectivity index (χ2n) is 7.35. The highest BCUT2D eigenvalue weighted by Gasteiger charge is 2.43. The molecule has 1 aromatic carbocycles. The molecule has 26 heavy (non-hydrogen) atoms. The van der Waals surface area contributed by atoms with Crippen molar-refractivity contribution in [1.29, 1.82) is 0 Å². The average Bonchev–Trinajstić information content (AvgIpc) is 3.38. The van der Waals surface area contributed by atoms with Crippen LogP contribution in [0.5, 0.6) is 0 Å². The molecule has 2 aliphatic rings. The molecule has 0 bridgehead atoms. The van der Waals surface area contributed by atoms with Crippen LogP contribution in [0.25, 0.3) is 11.0 Å². The Hall–Kier alpha value is -2.74. The smallest absolute Gasteiger partial charge is 0.253 e. The lowest BCUT2D eigenvalue weighted by Crippen LogP contribution is -2.36. The van der Waals surface area contributed by atoms with Gasteiger partial charge in [-0.3, -0.25) is 9.48 Å². The van der Waals surface area contributed by atoms with E-state index in [1.54, 1.807) is 18.3 Å². The van der Waals surface area contributed by atoms with Crippen LogP contribution in [0.4, 0.5) is 0 Å². The van der Waals surface area contributed by atoms with E-state index in [4.69, 9.17) is 0 Å². The Labute approximate surface area is 149 Å². The number of amides is 1. The molecule has 2 fully saturated rings. The third kappa shape index (κ3) is 2.48. The molecular weight excluding hydrogens is 332 g/mol. The predicted octanol–water partition coefficient (Wildman–Crippen LogP) is 1.24. The van der Waals surface area contributed by atoms with Crippen LogP contribution in [-0.4, -0.2) is 60.3 Å². The van der Waals surface area contributed by atoms with Crippen LogP contribution in [-0.2, 0) is 0 Å². The zero-order chi connectivity index (χ0) is 17.7. The minimum absolute atomic E-state index is 0.00668. The lowest BCUT2D eigenvalue weighted by molar-refractivity contribution is 0.0306. The van der Waals surface area contributed by atoms with Crippen LogP contribution in [0.3, 0.4) is 0 Å². The van der Waals surface area contributed by atoms with Gasteiger partial charge in [-0.15, -0.1) is 0 Å². The van der Waals surface area contributed by atoms with Gasteiger partial charge in [0.2, 0.25) is 0 Å². The third-order valence-corrected chi connectivity index (χ3v) is 5.82. The fourth-order valence-electron chi connectivity index (χ4n) is 4.49. The number of benzene rings is 1. The van der Waals surface area contributed by atoms with E-state index in [1.807, 2.05) is 27.9 Å². The van der Waals surface area contributed by atoms with Gasteiger partial charge in [0.25, 0.3) is 5.91 Å². The van der Waals surface area contributed by atoms with E-state index >= 15 is 0 Å². The first-order valence-corrected chi connectivity index (χ1v) is 8.96. The molecule has 3 heterocycles. The Morgan fingerprint density at radius 2 is 1.96 bits per heavy atom. The maximum atomic E-state index is 12.9. The molecule has 3 aromatic rings. The van der Waals surface area contributed by atoms with Gasteiger partial charge in [0, 0.05) is 31.0 Å². The number of aliphatic hydroxyl groups is 1. The number of nitrogens with one attached hydrogen (secondary N) is 1. The zero-order valence-electron chi connectivity index (χ0n) is 14.2. The number of hydrogen-bond acceptors (Lipinski definition) is 5. The van der Waals surface area contributed by atoms with Gasteiger partial charge in [0.15, 0.2) is 0 Å². The summed E-state index contributed by atoms with van der Waals surface area (Å²) >= 11 is 0. The Morgan fingerprint density at radius 3 is 2.77 bits per heavy atom. The molecule has 0 spiro atoms. The molecule has 1 saturated heterocycles. The van der Waals surface area contributed by atoms with Crippen molar-refractivity contribution in [3.63, 3.8) is 0 Å². The number of carbonyl (C=O) groups excluding carboxylic acids is 1. The summed E-state index contributed by atoms with van der Waals surface area (Å²) in [7, 11) is 0. The summed E-state index contributed by atoms with van der Waals surface area (Å²) < 4.78 is 1.85. The fraction of sp³-hybridized carbons (Fsp3) is 0.444. The summed E-state index contributed by atoms with van der Waals surface area (Å²) in [5, 5.41) is 25.5. The van der Waals surface area contributed by atoms with E-state index in [0.29, 0.717) is 35.9 Å². The van der Waals surface area contributed by atoms with Crippen molar-refractivity contribution < 1.29 is 9.90 Å². The van der Waals surface area contributed by atoms with Crippen molar-refractivity contribution in [1.82, 2.24) is 30.1 Å². The van der Waals surface area contributed by atoms with Crippen molar-refractivity contribution in [2.45, 2.75) is 25.0 Å². The van der Waals surface area contributed by atoms with Gasteiger partial charge < -0.3 is 10.0 Å². The van der Waals surface area contributed by atoms with Gasteiger partial charge in [0.05, 0.1) is 12.1 Å². The van der Waals surface area contributed by atoms with E-state index < -0.39 is 6.10 Å².